The normalized spacial score (nSPS) is 20.6. The number of hydrogen-bond donors (Lipinski definition) is 2. The molecule has 0 spiro atoms. The zero-order chi connectivity index (χ0) is 21.1. The van der Waals surface area contributed by atoms with Crippen molar-refractivity contribution in [3.05, 3.63) is 36.1 Å². The fraction of sp³-hybridized carbons (Fsp3) is 0.591. The summed E-state index contributed by atoms with van der Waals surface area (Å²) in [6, 6.07) is 0.381. The van der Waals surface area contributed by atoms with E-state index < -0.39 is 0 Å². The van der Waals surface area contributed by atoms with Gasteiger partial charge in [-0.1, -0.05) is 18.7 Å². The van der Waals surface area contributed by atoms with E-state index in [4.69, 9.17) is 4.99 Å². The first-order chi connectivity index (χ1) is 13.0. The highest BCUT2D eigenvalue weighted by atomic mass is 15.3. The molecule has 1 fully saturated rings. The van der Waals surface area contributed by atoms with E-state index >= 15 is 0 Å². The molecule has 2 rings (SSSR count). The Labute approximate surface area is 169 Å². The van der Waals surface area contributed by atoms with E-state index in [-0.39, 0.29) is 11.1 Å². The van der Waals surface area contributed by atoms with Crippen LogP contribution in [0.1, 0.15) is 73.0 Å². The van der Waals surface area contributed by atoms with Gasteiger partial charge < -0.3 is 15.2 Å². The highest BCUT2D eigenvalue weighted by molar-refractivity contribution is 6.00. The molecule has 1 aromatic rings. The number of allylic oxidation sites excluding steroid dienone is 3. The molecule has 0 unspecified atom stereocenters. The second-order valence-electron chi connectivity index (χ2n) is 8.93. The number of aliphatic imine (C=N–C) groups is 1. The van der Waals surface area contributed by atoms with Crippen LogP contribution >= 0.6 is 0 Å². The van der Waals surface area contributed by atoms with Gasteiger partial charge in [0.15, 0.2) is 11.6 Å². The van der Waals surface area contributed by atoms with Gasteiger partial charge in [0, 0.05) is 24.2 Å². The predicted molar refractivity (Wildman–Crippen MR) is 119 cm³/mol. The molecular formula is C22H36N6. The minimum Gasteiger partial charge on any atom is -0.381 e. The van der Waals surface area contributed by atoms with Crippen LogP contribution in [0.15, 0.2) is 29.4 Å². The Morgan fingerprint density at radius 3 is 2.36 bits per heavy atom. The minimum absolute atomic E-state index is 0.0920. The van der Waals surface area contributed by atoms with Crippen LogP contribution in [0.2, 0.25) is 0 Å². The number of hydrogen-bond acceptors (Lipinski definition) is 5. The molecular weight excluding hydrogens is 348 g/mol. The Morgan fingerprint density at radius 2 is 1.82 bits per heavy atom. The molecule has 2 heterocycles. The lowest BCUT2D eigenvalue weighted by Gasteiger charge is -2.47. The van der Waals surface area contributed by atoms with Crippen LogP contribution in [0, 0.1) is 0 Å². The third-order valence-electron chi connectivity index (χ3n) is 5.01. The van der Waals surface area contributed by atoms with Crippen molar-refractivity contribution < 1.29 is 0 Å². The second-order valence-corrected chi connectivity index (χ2v) is 8.93. The maximum absolute atomic E-state index is 4.72. The molecule has 154 valence electrons. The quantitative estimate of drug-likeness (QED) is 0.725. The molecule has 28 heavy (non-hydrogen) atoms. The number of aromatic nitrogens is 3. The number of rotatable bonds is 6. The van der Waals surface area contributed by atoms with Gasteiger partial charge in [-0.05, 0) is 67.4 Å². The fourth-order valence-corrected chi connectivity index (χ4v) is 4.24. The average Bonchev–Trinajstić information content (AvgIpc) is 2.91. The number of nitrogens with one attached hydrogen (secondary N) is 2. The van der Waals surface area contributed by atoms with Crippen LogP contribution in [0.25, 0.3) is 11.8 Å². The van der Waals surface area contributed by atoms with Crippen LogP contribution in [0.5, 0.6) is 0 Å². The third-order valence-corrected chi connectivity index (χ3v) is 5.01. The molecule has 0 radical (unpaired) electrons. The van der Waals surface area contributed by atoms with Crippen LogP contribution in [-0.2, 0) is 7.05 Å². The van der Waals surface area contributed by atoms with E-state index in [2.05, 4.69) is 61.2 Å². The smallest absolute Gasteiger partial charge is 0.182 e. The van der Waals surface area contributed by atoms with Crippen LogP contribution in [0.3, 0.4) is 0 Å². The molecule has 2 N–H and O–H groups in total. The van der Waals surface area contributed by atoms with Gasteiger partial charge in [0.25, 0.3) is 0 Å². The van der Waals surface area contributed by atoms with Crippen molar-refractivity contribution >= 4 is 17.5 Å². The van der Waals surface area contributed by atoms with Crippen molar-refractivity contribution in [2.75, 3.05) is 0 Å². The molecule has 0 aliphatic carbocycles. The standard InChI is InChI=1S/C22H36N6/c1-10-12-19-25-26-20(28(19)9)16(4)23-15(3)18(11-2)24-17-13-21(5,6)27-22(7,8)14-17/h10-12,17,24,27H,4,13-14H2,1-3,5-9H3/b12-10-,18-11+,23-15?. The highest BCUT2D eigenvalue weighted by Crippen LogP contribution is 2.29. The Morgan fingerprint density at radius 1 is 1.21 bits per heavy atom. The van der Waals surface area contributed by atoms with Crippen molar-refractivity contribution in [2.45, 2.75) is 78.4 Å². The van der Waals surface area contributed by atoms with E-state index in [1.54, 1.807) is 0 Å². The van der Waals surface area contributed by atoms with E-state index in [0.29, 0.717) is 17.6 Å². The highest BCUT2D eigenvalue weighted by Gasteiger charge is 2.37. The zero-order valence-corrected chi connectivity index (χ0v) is 18.7. The van der Waals surface area contributed by atoms with E-state index in [1.165, 1.54) is 0 Å². The SMILES string of the molecule is C=C(N=C(C)/C(=C\C)NC1CC(C)(C)NC(C)(C)C1)c1nnc(/C=C\C)n1C. The van der Waals surface area contributed by atoms with Crippen molar-refractivity contribution in [3.63, 3.8) is 0 Å². The summed E-state index contributed by atoms with van der Waals surface area (Å²) in [5.74, 6) is 1.46. The summed E-state index contributed by atoms with van der Waals surface area (Å²) in [6.45, 7) is 19.2. The summed E-state index contributed by atoms with van der Waals surface area (Å²) < 4.78 is 1.90. The third kappa shape index (κ3) is 5.41. The molecule has 1 aliphatic rings. The van der Waals surface area contributed by atoms with Crippen LogP contribution < -0.4 is 10.6 Å². The molecule has 0 saturated carbocycles. The van der Waals surface area contributed by atoms with Crippen LogP contribution in [-0.4, -0.2) is 37.6 Å². The Hall–Kier alpha value is -2.21. The van der Waals surface area contributed by atoms with E-state index in [1.807, 2.05) is 44.5 Å². The minimum atomic E-state index is 0.0920. The van der Waals surface area contributed by atoms with Gasteiger partial charge >= 0.3 is 0 Å². The van der Waals surface area contributed by atoms with Crippen molar-refractivity contribution in [2.24, 2.45) is 12.0 Å². The topological polar surface area (TPSA) is 67.1 Å². The summed E-state index contributed by atoms with van der Waals surface area (Å²) in [7, 11) is 1.93. The van der Waals surface area contributed by atoms with Gasteiger partial charge in [-0.15, -0.1) is 10.2 Å². The second kappa shape index (κ2) is 8.43. The van der Waals surface area contributed by atoms with E-state index in [9.17, 15) is 0 Å². The van der Waals surface area contributed by atoms with Gasteiger partial charge in [-0.25, -0.2) is 4.99 Å². The van der Waals surface area contributed by atoms with Gasteiger partial charge in [-0.3, -0.25) is 0 Å². The Bertz CT molecular complexity index is 791. The average molecular weight is 385 g/mol. The molecule has 0 bridgehead atoms. The molecule has 0 amide bonds. The lowest BCUT2D eigenvalue weighted by atomic mass is 9.79. The van der Waals surface area contributed by atoms with Crippen molar-refractivity contribution in [1.82, 2.24) is 25.4 Å². The molecule has 1 aliphatic heterocycles. The summed E-state index contributed by atoms with van der Waals surface area (Å²) in [4.78, 5) is 4.72. The Balaban J connectivity index is 2.17. The predicted octanol–water partition coefficient (Wildman–Crippen LogP) is 4.08. The maximum atomic E-state index is 4.72. The molecule has 0 atom stereocenters. The maximum Gasteiger partial charge on any atom is 0.182 e. The largest absolute Gasteiger partial charge is 0.381 e. The lowest BCUT2D eigenvalue weighted by molar-refractivity contribution is 0.152. The lowest BCUT2D eigenvalue weighted by Crippen LogP contribution is -2.61. The van der Waals surface area contributed by atoms with Crippen LogP contribution in [0.4, 0.5) is 0 Å². The zero-order valence-electron chi connectivity index (χ0n) is 18.7. The molecule has 6 heteroatoms. The first-order valence-corrected chi connectivity index (χ1v) is 9.97. The van der Waals surface area contributed by atoms with E-state index in [0.717, 1.165) is 30.1 Å². The summed E-state index contributed by atoms with van der Waals surface area (Å²) in [6.07, 6.45) is 8.04. The first kappa shape index (κ1) is 22.1. The van der Waals surface area contributed by atoms with Gasteiger partial charge in [0.05, 0.1) is 11.4 Å². The molecule has 1 aromatic heterocycles. The van der Waals surface area contributed by atoms with Gasteiger partial charge in [0.2, 0.25) is 0 Å². The number of piperidine rings is 1. The summed E-state index contributed by atoms with van der Waals surface area (Å²) in [5, 5.41) is 15.9. The summed E-state index contributed by atoms with van der Waals surface area (Å²) in [5.41, 5.74) is 2.73. The number of nitrogens with zero attached hydrogens (tertiary/aromatic N) is 4. The van der Waals surface area contributed by atoms with Gasteiger partial charge in [-0.2, -0.15) is 0 Å². The molecule has 0 aromatic carbocycles. The first-order valence-electron chi connectivity index (χ1n) is 9.97. The monoisotopic (exact) mass is 384 g/mol. The molecule has 6 nitrogen and oxygen atoms in total. The fourth-order valence-electron chi connectivity index (χ4n) is 4.24. The Kier molecular flexibility index (Phi) is 6.65. The van der Waals surface area contributed by atoms with Gasteiger partial charge in [0.1, 0.15) is 5.70 Å². The van der Waals surface area contributed by atoms with Crippen molar-refractivity contribution in [1.29, 1.82) is 0 Å². The molecule has 1 saturated heterocycles. The van der Waals surface area contributed by atoms with Crippen molar-refractivity contribution in [3.8, 4) is 0 Å². The summed E-state index contributed by atoms with van der Waals surface area (Å²) >= 11 is 0.